The topological polar surface area (TPSA) is 71.0 Å². The van der Waals surface area contributed by atoms with Crippen molar-refractivity contribution in [3.05, 3.63) is 22.3 Å². The first kappa shape index (κ1) is 25.5. The third-order valence-electron chi connectivity index (χ3n) is 4.31. The van der Waals surface area contributed by atoms with Crippen LogP contribution in [0.25, 0.3) is 0 Å². The van der Waals surface area contributed by atoms with Gasteiger partial charge in [-0.1, -0.05) is 23.2 Å². The highest BCUT2D eigenvalue weighted by Crippen LogP contribution is 2.22. The van der Waals surface area contributed by atoms with Gasteiger partial charge in [-0.2, -0.15) is 0 Å². The number of aromatic nitrogens is 1. The molecular formula is C18H30Cl2IN5O2. The van der Waals surface area contributed by atoms with E-state index in [1.807, 2.05) is 0 Å². The number of nitrogens with one attached hydrogen (secondary N) is 2. The standard InChI is InChI=1S/C18H29Cl2N5O2.HI/c1-21-18(23-7-6-22-17-16(20)12-14(19)13-24-17)25-8-4-15(5-9-25)27-11-3-10-26-2;/h12-13,15H,3-11H2,1-2H3,(H,21,23)(H,22,24);1H. The van der Waals surface area contributed by atoms with Crippen molar-refractivity contribution < 1.29 is 9.47 Å². The summed E-state index contributed by atoms with van der Waals surface area (Å²) < 4.78 is 11.0. The number of piperidine rings is 1. The Kier molecular flexibility index (Phi) is 13.1. The third-order valence-corrected chi connectivity index (χ3v) is 4.80. The van der Waals surface area contributed by atoms with Gasteiger partial charge in [0, 0.05) is 59.7 Å². The number of halogens is 3. The highest BCUT2D eigenvalue weighted by molar-refractivity contribution is 14.0. The SMILES string of the molecule is CN=C(NCCNc1ncc(Cl)cc1Cl)N1CCC(OCCCOC)CC1.I. The molecule has 0 spiro atoms. The Hall–Kier alpha value is -0.550. The second kappa shape index (κ2) is 14.4. The average molecular weight is 546 g/mol. The number of hydrogen-bond donors (Lipinski definition) is 2. The minimum atomic E-state index is 0. The lowest BCUT2D eigenvalue weighted by Gasteiger charge is -2.34. The number of methoxy groups -OCH3 is 1. The molecule has 2 heterocycles. The van der Waals surface area contributed by atoms with Gasteiger partial charge >= 0.3 is 0 Å². The van der Waals surface area contributed by atoms with Gasteiger partial charge in [-0.25, -0.2) is 4.98 Å². The molecule has 0 aromatic carbocycles. The minimum Gasteiger partial charge on any atom is -0.385 e. The van der Waals surface area contributed by atoms with Gasteiger partial charge in [-0.05, 0) is 25.3 Å². The summed E-state index contributed by atoms with van der Waals surface area (Å²) in [4.78, 5) is 10.8. The minimum absolute atomic E-state index is 0. The Labute approximate surface area is 194 Å². The Bertz CT molecular complexity index is 601. The summed E-state index contributed by atoms with van der Waals surface area (Å²) in [5.74, 6) is 1.54. The van der Waals surface area contributed by atoms with E-state index in [4.69, 9.17) is 32.7 Å². The lowest BCUT2D eigenvalue weighted by Crippen LogP contribution is -2.47. The fourth-order valence-electron chi connectivity index (χ4n) is 2.92. The van der Waals surface area contributed by atoms with Crippen molar-refractivity contribution in [2.45, 2.75) is 25.4 Å². The largest absolute Gasteiger partial charge is 0.385 e. The van der Waals surface area contributed by atoms with Crippen LogP contribution in [-0.2, 0) is 9.47 Å². The molecule has 0 amide bonds. The van der Waals surface area contributed by atoms with Crippen LogP contribution in [0.5, 0.6) is 0 Å². The van der Waals surface area contributed by atoms with Crippen molar-refractivity contribution in [1.29, 1.82) is 0 Å². The maximum atomic E-state index is 6.11. The number of likely N-dealkylation sites (tertiary alicyclic amines) is 1. The van der Waals surface area contributed by atoms with Crippen LogP contribution in [0.1, 0.15) is 19.3 Å². The second-order valence-electron chi connectivity index (χ2n) is 6.29. The van der Waals surface area contributed by atoms with E-state index in [9.17, 15) is 0 Å². The Morgan fingerprint density at radius 3 is 2.68 bits per heavy atom. The van der Waals surface area contributed by atoms with Crippen molar-refractivity contribution in [1.82, 2.24) is 15.2 Å². The van der Waals surface area contributed by atoms with Gasteiger partial charge in [0.25, 0.3) is 0 Å². The highest BCUT2D eigenvalue weighted by Gasteiger charge is 2.21. The summed E-state index contributed by atoms with van der Waals surface area (Å²) in [5, 5.41) is 7.61. The Morgan fingerprint density at radius 1 is 1.29 bits per heavy atom. The molecular weight excluding hydrogens is 516 g/mol. The molecule has 2 N–H and O–H groups in total. The Balaban J connectivity index is 0.00000392. The molecule has 1 saturated heterocycles. The third kappa shape index (κ3) is 8.86. The van der Waals surface area contributed by atoms with Crippen LogP contribution in [-0.4, -0.2) is 75.5 Å². The van der Waals surface area contributed by atoms with E-state index < -0.39 is 0 Å². The maximum absolute atomic E-state index is 6.11. The molecule has 7 nitrogen and oxygen atoms in total. The summed E-state index contributed by atoms with van der Waals surface area (Å²) in [7, 11) is 3.52. The summed E-state index contributed by atoms with van der Waals surface area (Å²) in [6.45, 7) is 4.77. The summed E-state index contributed by atoms with van der Waals surface area (Å²) >= 11 is 12.0. The number of guanidine groups is 1. The van der Waals surface area contributed by atoms with Gasteiger partial charge in [0.2, 0.25) is 0 Å². The smallest absolute Gasteiger partial charge is 0.193 e. The fourth-order valence-corrected chi connectivity index (χ4v) is 3.37. The van der Waals surface area contributed by atoms with Crippen LogP contribution in [0.3, 0.4) is 0 Å². The molecule has 1 aliphatic rings. The molecule has 0 unspecified atom stereocenters. The molecule has 2 rings (SSSR count). The number of pyridine rings is 1. The first-order chi connectivity index (χ1) is 13.1. The number of anilines is 1. The lowest BCUT2D eigenvalue weighted by atomic mass is 10.1. The molecule has 160 valence electrons. The van der Waals surface area contributed by atoms with Crippen LogP contribution in [0.4, 0.5) is 5.82 Å². The molecule has 1 aromatic rings. The van der Waals surface area contributed by atoms with Gasteiger partial charge < -0.3 is 25.0 Å². The predicted octanol–water partition coefficient (Wildman–Crippen LogP) is 3.51. The number of aliphatic imine (C=N–C) groups is 1. The number of ether oxygens (including phenoxy) is 2. The Morgan fingerprint density at radius 2 is 2.04 bits per heavy atom. The zero-order chi connectivity index (χ0) is 19.5. The molecule has 28 heavy (non-hydrogen) atoms. The number of nitrogens with zero attached hydrogens (tertiary/aromatic N) is 3. The van der Waals surface area contributed by atoms with Crippen molar-refractivity contribution in [2.75, 3.05) is 58.9 Å². The van der Waals surface area contributed by atoms with Gasteiger partial charge in [0.1, 0.15) is 5.82 Å². The van der Waals surface area contributed by atoms with E-state index in [1.165, 1.54) is 0 Å². The van der Waals surface area contributed by atoms with Crippen molar-refractivity contribution >= 4 is 59.0 Å². The molecule has 0 aliphatic carbocycles. The zero-order valence-corrected chi connectivity index (χ0v) is 20.3. The average Bonchev–Trinajstić information content (AvgIpc) is 2.67. The maximum Gasteiger partial charge on any atom is 0.193 e. The van der Waals surface area contributed by atoms with E-state index in [-0.39, 0.29) is 24.0 Å². The molecule has 1 fully saturated rings. The van der Waals surface area contributed by atoms with Crippen molar-refractivity contribution in [3.8, 4) is 0 Å². The normalized spacial score (nSPS) is 15.3. The van der Waals surface area contributed by atoms with Crippen molar-refractivity contribution in [2.24, 2.45) is 4.99 Å². The van der Waals surface area contributed by atoms with Crippen LogP contribution in [0.2, 0.25) is 10.0 Å². The predicted molar refractivity (Wildman–Crippen MR) is 127 cm³/mol. The first-order valence-electron chi connectivity index (χ1n) is 9.25. The van der Waals surface area contributed by atoms with Crippen LogP contribution in [0, 0.1) is 0 Å². The highest BCUT2D eigenvalue weighted by atomic mass is 127. The van der Waals surface area contributed by atoms with E-state index >= 15 is 0 Å². The molecule has 10 heteroatoms. The van der Waals surface area contributed by atoms with E-state index in [2.05, 4.69) is 25.5 Å². The van der Waals surface area contributed by atoms with Crippen LogP contribution >= 0.6 is 47.2 Å². The zero-order valence-electron chi connectivity index (χ0n) is 16.4. The molecule has 1 aliphatic heterocycles. The van der Waals surface area contributed by atoms with Crippen LogP contribution < -0.4 is 10.6 Å². The van der Waals surface area contributed by atoms with Gasteiger partial charge in [-0.15, -0.1) is 24.0 Å². The summed E-state index contributed by atoms with van der Waals surface area (Å²) in [6.07, 6.45) is 4.87. The molecule has 0 saturated carbocycles. The van der Waals surface area contributed by atoms with E-state index in [0.717, 1.165) is 51.5 Å². The van der Waals surface area contributed by atoms with Gasteiger partial charge in [0.15, 0.2) is 5.96 Å². The van der Waals surface area contributed by atoms with Crippen LogP contribution in [0.15, 0.2) is 17.3 Å². The van der Waals surface area contributed by atoms with Crippen molar-refractivity contribution in [3.63, 3.8) is 0 Å². The monoisotopic (exact) mass is 545 g/mol. The molecule has 0 radical (unpaired) electrons. The van der Waals surface area contributed by atoms with Gasteiger partial charge in [0.05, 0.1) is 16.1 Å². The molecule has 0 bridgehead atoms. The van der Waals surface area contributed by atoms with E-state index in [1.54, 1.807) is 26.4 Å². The number of rotatable bonds is 9. The molecule has 0 atom stereocenters. The summed E-state index contributed by atoms with van der Waals surface area (Å²) in [6, 6.07) is 1.67. The number of hydrogen-bond acceptors (Lipinski definition) is 5. The fraction of sp³-hybridized carbons (Fsp3) is 0.667. The van der Waals surface area contributed by atoms with Gasteiger partial charge in [-0.3, -0.25) is 4.99 Å². The first-order valence-corrected chi connectivity index (χ1v) is 10.0. The quantitative estimate of drug-likeness (QED) is 0.214. The van der Waals surface area contributed by atoms with E-state index in [0.29, 0.717) is 35.1 Å². The second-order valence-corrected chi connectivity index (χ2v) is 7.13. The molecule has 1 aromatic heterocycles. The lowest BCUT2D eigenvalue weighted by molar-refractivity contribution is 0.00992. The summed E-state index contributed by atoms with van der Waals surface area (Å²) in [5.41, 5.74) is 0.